The van der Waals surface area contributed by atoms with Gasteiger partial charge in [-0.15, -0.1) is 10.2 Å². The number of tetrazole rings is 1. The number of ether oxygens (including phenoxy) is 2. The molecule has 1 heterocycles. The summed E-state index contributed by atoms with van der Waals surface area (Å²) in [4.78, 5) is 13.5. The highest BCUT2D eigenvalue weighted by Crippen LogP contribution is 2.30. The highest BCUT2D eigenvalue weighted by Gasteiger charge is 2.20. The number of hydrogen-bond donors (Lipinski definition) is 1. The molecule has 8 nitrogen and oxygen atoms in total. The van der Waals surface area contributed by atoms with Crippen molar-refractivity contribution in [2.45, 2.75) is 13.0 Å². The van der Waals surface area contributed by atoms with Crippen molar-refractivity contribution in [1.29, 1.82) is 0 Å². The Morgan fingerprint density at radius 3 is 2.59 bits per heavy atom. The number of para-hydroxylation sites is 1. The second kappa shape index (κ2) is 7.81. The molecular weight excluding hydrogens is 353 g/mol. The van der Waals surface area contributed by atoms with Gasteiger partial charge >= 0.3 is 0 Å². The molecule has 9 heteroatoms. The molecule has 0 spiro atoms. The predicted molar refractivity (Wildman–Crippen MR) is 96.1 cm³/mol. The zero-order chi connectivity index (χ0) is 19.4. The van der Waals surface area contributed by atoms with Gasteiger partial charge in [-0.2, -0.15) is 4.80 Å². The van der Waals surface area contributed by atoms with E-state index in [1.807, 2.05) is 0 Å². The molecule has 0 saturated carbocycles. The Kier molecular flexibility index (Phi) is 5.30. The van der Waals surface area contributed by atoms with Crippen LogP contribution in [0.3, 0.4) is 0 Å². The van der Waals surface area contributed by atoms with Crippen molar-refractivity contribution in [3.05, 3.63) is 48.3 Å². The molecule has 0 unspecified atom stereocenters. The molecule has 0 radical (unpaired) electrons. The van der Waals surface area contributed by atoms with Crippen molar-refractivity contribution < 1.29 is 18.7 Å². The molecule has 0 aliphatic carbocycles. The quantitative estimate of drug-likeness (QED) is 0.716. The summed E-state index contributed by atoms with van der Waals surface area (Å²) in [5, 5.41) is 14.7. The number of anilines is 1. The third-order valence-corrected chi connectivity index (χ3v) is 3.93. The van der Waals surface area contributed by atoms with Gasteiger partial charge < -0.3 is 14.8 Å². The Labute approximate surface area is 154 Å². The predicted octanol–water partition coefficient (Wildman–Crippen LogP) is 2.70. The van der Waals surface area contributed by atoms with Crippen LogP contribution in [0.5, 0.6) is 11.5 Å². The first kappa shape index (κ1) is 18.3. The lowest BCUT2D eigenvalue weighted by Crippen LogP contribution is -2.25. The molecule has 0 aliphatic heterocycles. The first-order chi connectivity index (χ1) is 13.0. The molecule has 0 saturated heterocycles. The minimum Gasteiger partial charge on any atom is -0.493 e. The highest BCUT2D eigenvalue weighted by molar-refractivity contribution is 5.93. The fourth-order valence-corrected chi connectivity index (χ4v) is 2.38. The summed E-state index contributed by atoms with van der Waals surface area (Å²) >= 11 is 0. The number of halogens is 1. The van der Waals surface area contributed by atoms with Crippen LogP contribution in [-0.2, 0) is 4.79 Å². The summed E-state index contributed by atoms with van der Waals surface area (Å²) in [6.07, 6.45) is 0. The topological polar surface area (TPSA) is 91.2 Å². The third-order valence-electron chi connectivity index (χ3n) is 3.93. The number of methoxy groups -OCH3 is 2. The fourth-order valence-electron chi connectivity index (χ4n) is 2.38. The molecule has 1 aromatic heterocycles. The number of benzene rings is 2. The molecule has 1 amide bonds. The van der Waals surface area contributed by atoms with Gasteiger partial charge in [0.2, 0.25) is 5.82 Å². The smallest absolute Gasteiger partial charge is 0.250 e. The molecule has 1 N–H and O–H groups in total. The Morgan fingerprint density at radius 1 is 1.15 bits per heavy atom. The lowest BCUT2D eigenvalue weighted by molar-refractivity contribution is -0.119. The van der Waals surface area contributed by atoms with Crippen molar-refractivity contribution in [2.75, 3.05) is 19.5 Å². The van der Waals surface area contributed by atoms with E-state index in [0.717, 1.165) is 0 Å². The van der Waals surface area contributed by atoms with Gasteiger partial charge in [0.15, 0.2) is 11.5 Å². The molecule has 2 aromatic carbocycles. The van der Waals surface area contributed by atoms with Gasteiger partial charge in [-0.25, -0.2) is 4.39 Å². The third kappa shape index (κ3) is 3.86. The van der Waals surface area contributed by atoms with E-state index in [0.29, 0.717) is 22.9 Å². The van der Waals surface area contributed by atoms with Crippen LogP contribution >= 0.6 is 0 Å². The molecular formula is C18H18FN5O3. The molecule has 0 fully saturated rings. The van der Waals surface area contributed by atoms with Crippen molar-refractivity contribution in [3.63, 3.8) is 0 Å². The number of aromatic nitrogens is 4. The van der Waals surface area contributed by atoms with Gasteiger partial charge in [0.25, 0.3) is 5.91 Å². The minimum absolute atomic E-state index is 0.0922. The molecule has 140 valence electrons. The van der Waals surface area contributed by atoms with Gasteiger partial charge in [0.05, 0.1) is 19.9 Å². The van der Waals surface area contributed by atoms with Gasteiger partial charge in [-0.05, 0) is 42.5 Å². The van der Waals surface area contributed by atoms with Crippen LogP contribution in [0.25, 0.3) is 11.4 Å². The molecule has 1 atom stereocenters. The average Bonchev–Trinajstić information content (AvgIpc) is 3.18. The first-order valence-corrected chi connectivity index (χ1v) is 8.10. The monoisotopic (exact) mass is 371 g/mol. The molecule has 27 heavy (non-hydrogen) atoms. The van der Waals surface area contributed by atoms with E-state index in [2.05, 4.69) is 20.7 Å². The van der Waals surface area contributed by atoms with Crippen molar-refractivity contribution in [2.24, 2.45) is 0 Å². The lowest BCUT2D eigenvalue weighted by Gasteiger charge is -2.11. The van der Waals surface area contributed by atoms with Crippen LogP contribution < -0.4 is 14.8 Å². The van der Waals surface area contributed by atoms with Gasteiger partial charge in [0.1, 0.15) is 11.9 Å². The zero-order valence-corrected chi connectivity index (χ0v) is 15.0. The standard InChI is InChI=1S/C18H18FN5O3/c1-11(18(25)20-14-7-5-4-6-13(14)19)24-22-17(21-23-24)12-8-9-15(26-2)16(10-12)27-3/h4-11H,1-3H3,(H,20,25)/t11-/m1/s1. The van der Waals surface area contributed by atoms with Crippen LogP contribution in [0.2, 0.25) is 0 Å². The van der Waals surface area contributed by atoms with E-state index in [-0.39, 0.29) is 5.69 Å². The molecule has 3 rings (SSSR count). The van der Waals surface area contributed by atoms with Crippen LogP contribution in [0.15, 0.2) is 42.5 Å². The van der Waals surface area contributed by atoms with Crippen LogP contribution in [0.1, 0.15) is 13.0 Å². The minimum atomic E-state index is -0.786. The van der Waals surface area contributed by atoms with Gasteiger partial charge in [-0.3, -0.25) is 4.79 Å². The normalized spacial score (nSPS) is 11.7. The van der Waals surface area contributed by atoms with E-state index in [1.165, 1.54) is 24.0 Å². The summed E-state index contributed by atoms with van der Waals surface area (Å²) in [7, 11) is 3.07. The van der Waals surface area contributed by atoms with E-state index < -0.39 is 17.8 Å². The number of hydrogen-bond acceptors (Lipinski definition) is 6. The van der Waals surface area contributed by atoms with E-state index in [9.17, 15) is 9.18 Å². The van der Waals surface area contributed by atoms with E-state index >= 15 is 0 Å². The largest absolute Gasteiger partial charge is 0.493 e. The molecule has 0 aliphatic rings. The number of rotatable bonds is 6. The Hall–Kier alpha value is -3.49. The van der Waals surface area contributed by atoms with Gasteiger partial charge in [0, 0.05) is 5.56 Å². The second-order valence-electron chi connectivity index (χ2n) is 5.65. The fraction of sp³-hybridized carbons (Fsp3) is 0.222. The second-order valence-corrected chi connectivity index (χ2v) is 5.65. The highest BCUT2D eigenvalue weighted by atomic mass is 19.1. The number of carbonyl (C=O) groups is 1. The summed E-state index contributed by atoms with van der Waals surface area (Å²) < 4.78 is 24.1. The van der Waals surface area contributed by atoms with Crippen LogP contribution in [-0.4, -0.2) is 40.3 Å². The van der Waals surface area contributed by atoms with E-state index in [4.69, 9.17) is 9.47 Å². The maximum absolute atomic E-state index is 13.7. The Morgan fingerprint density at radius 2 is 1.89 bits per heavy atom. The zero-order valence-electron chi connectivity index (χ0n) is 15.0. The average molecular weight is 371 g/mol. The number of nitrogens with one attached hydrogen (secondary N) is 1. The van der Waals surface area contributed by atoms with Crippen LogP contribution in [0.4, 0.5) is 10.1 Å². The maximum Gasteiger partial charge on any atom is 0.250 e. The summed E-state index contributed by atoms with van der Waals surface area (Å²) in [6, 6.07) is 10.3. The number of nitrogens with zero attached hydrogens (tertiary/aromatic N) is 4. The number of amides is 1. The lowest BCUT2D eigenvalue weighted by atomic mass is 10.2. The van der Waals surface area contributed by atoms with Crippen LogP contribution in [0, 0.1) is 5.82 Å². The van der Waals surface area contributed by atoms with Crippen molar-refractivity contribution >= 4 is 11.6 Å². The van der Waals surface area contributed by atoms with Gasteiger partial charge in [-0.1, -0.05) is 12.1 Å². The SMILES string of the molecule is COc1ccc(-c2nnn([C@H](C)C(=O)Nc3ccccc3F)n2)cc1OC. The Balaban J connectivity index is 1.79. The Bertz CT molecular complexity index is 960. The summed E-state index contributed by atoms with van der Waals surface area (Å²) in [5.41, 5.74) is 0.746. The molecule has 0 bridgehead atoms. The number of carbonyl (C=O) groups excluding carboxylic acids is 1. The maximum atomic E-state index is 13.7. The summed E-state index contributed by atoms with van der Waals surface area (Å²) in [6.45, 7) is 1.59. The van der Waals surface area contributed by atoms with Crippen molar-refractivity contribution in [3.8, 4) is 22.9 Å². The van der Waals surface area contributed by atoms with E-state index in [1.54, 1.807) is 44.4 Å². The van der Waals surface area contributed by atoms with Crippen molar-refractivity contribution in [1.82, 2.24) is 20.2 Å². The summed E-state index contributed by atoms with van der Waals surface area (Å²) in [5.74, 6) is 0.441. The molecule has 3 aromatic rings. The first-order valence-electron chi connectivity index (χ1n) is 8.10.